The van der Waals surface area contributed by atoms with Crippen molar-refractivity contribution in [2.24, 2.45) is 7.05 Å². The SMILES string of the molecule is COc1c[n+](C)nc(OC)n1.[I-]. The maximum atomic E-state index is 4.89. The topological polar surface area (TPSA) is 48.1 Å². The number of hydrogen-bond donors (Lipinski definition) is 0. The van der Waals surface area contributed by atoms with E-state index in [2.05, 4.69) is 10.1 Å². The predicted molar refractivity (Wildman–Crippen MR) is 36.3 cm³/mol. The molecule has 0 atom stereocenters. The summed E-state index contributed by atoms with van der Waals surface area (Å²) in [5.74, 6) is 0.486. The Kier molecular flexibility index (Phi) is 4.79. The van der Waals surface area contributed by atoms with Crippen LogP contribution in [0.4, 0.5) is 0 Å². The number of methoxy groups -OCH3 is 2. The summed E-state index contributed by atoms with van der Waals surface area (Å²) in [5, 5.41) is 3.90. The van der Waals surface area contributed by atoms with Crippen molar-refractivity contribution in [3.05, 3.63) is 6.20 Å². The zero-order chi connectivity index (χ0) is 8.27. The second kappa shape index (κ2) is 5.07. The Balaban J connectivity index is 0.00000121. The molecule has 5 nitrogen and oxygen atoms in total. The lowest BCUT2D eigenvalue weighted by Gasteiger charge is -1.96. The molecule has 0 amide bonds. The van der Waals surface area contributed by atoms with Gasteiger partial charge in [0, 0.05) is 0 Å². The van der Waals surface area contributed by atoms with Gasteiger partial charge in [0.1, 0.15) is 0 Å². The van der Waals surface area contributed by atoms with Crippen LogP contribution in [0.15, 0.2) is 6.20 Å². The van der Waals surface area contributed by atoms with Crippen LogP contribution in [0.3, 0.4) is 0 Å². The summed E-state index contributed by atoms with van der Waals surface area (Å²) >= 11 is 0. The minimum absolute atomic E-state index is 0. The molecule has 1 heterocycles. The van der Waals surface area contributed by atoms with Gasteiger partial charge in [-0.25, -0.2) is 0 Å². The number of rotatable bonds is 2. The van der Waals surface area contributed by atoms with Crippen LogP contribution >= 0.6 is 0 Å². The van der Waals surface area contributed by atoms with Crippen molar-refractivity contribution in [2.75, 3.05) is 14.2 Å². The van der Waals surface area contributed by atoms with Gasteiger partial charge in [0.2, 0.25) is 0 Å². The Morgan fingerprint density at radius 2 is 2.00 bits per heavy atom. The van der Waals surface area contributed by atoms with E-state index in [0.29, 0.717) is 11.9 Å². The summed E-state index contributed by atoms with van der Waals surface area (Å²) in [6.07, 6.45) is 1.66. The Labute approximate surface area is 87.7 Å². The third-order valence-electron chi connectivity index (χ3n) is 1.14. The molecule has 0 aliphatic rings. The van der Waals surface area contributed by atoms with Crippen molar-refractivity contribution < 1.29 is 38.1 Å². The number of ether oxygens (including phenoxy) is 2. The number of aromatic nitrogens is 3. The van der Waals surface area contributed by atoms with Gasteiger partial charge in [0.05, 0.1) is 19.3 Å². The monoisotopic (exact) mass is 283 g/mol. The van der Waals surface area contributed by atoms with E-state index in [9.17, 15) is 0 Å². The lowest BCUT2D eigenvalue weighted by Crippen LogP contribution is -3.00. The molecule has 1 rings (SSSR count). The Hall–Kier alpha value is -0.660. The molecule has 0 aromatic carbocycles. The van der Waals surface area contributed by atoms with Gasteiger partial charge < -0.3 is 33.5 Å². The first kappa shape index (κ1) is 11.3. The van der Waals surface area contributed by atoms with Crippen LogP contribution in [0.1, 0.15) is 0 Å². The fraction of sp³-hybridized carbons (Fsp3) is 0.500. The first-order valence-corrected chi connectivity index (χ1v) is 3.09. The van der Waals surface area contributed by atoms with Crippen molar-refractivity contribution in [2.45, 2.75) is 0 Å². The van der Waals surface area contributed by atoms with Gasteiger partial charge in [-0.15, -0.1) is 4.98 Å². The molecular formula is C6H10IN3O2. The van der Waals surface area contributed by atoms with Crippen LogP contribution in [0.2, 0.25) is 0 Å². The smallest absolute Gasteiger partial charge is 0.382 e. The predicted octanol–water partition coefficient (Wildman–Crippen LogP) is -3.68. The van der Waals surface area contributed by atoms with Crippen molar-refractivity contribution in [1.29, 1.82) is 0 Å². The average molecular weight is 283 g/mol. The molecule has 0 radical (unpaired) electrons. The fourth-order valence-corrected chi connectivity index (χ4v) is 0.654. The van der Waals surface area contributed by atoms with E-state index in [1.54, 1.807) is 25.0 Å². The Bertz CT molecular complexity index is 234. The molecule has 0 unspecified atom stereocenters. The molecule has 0 aliphatic heterocycles. The van der Waals surface area contributed by atoms with E-state index in [0.717, 1.165) is 0 Å². The first-order valence-electron chi connectivity index (χ1n) is 3.09. The van der Waals surface area contributed by atoms with Crippen LogP contribution in [0.25, 0.3) is 0 Å². The zero-order valence-electron chi connectivity index (χ0n) is 7.11. The maximum absolute atomic E-state index is 4.89. The standard InChI is InChI=1S/C6H10N3O2.HI/c1-9-4-5(10-2)7-6(8-9)11-3;/h4H,1-3H3;1H/q+1;/p-1. The second-order valence-corrected chi connectivity index (χ2v) is 1.94. The van der Waals surface area contributed by atoms with Gasteiger partial charge in [-0.3, -0.25) is 0 Å². The van der Waals surface area contributed by atoms with E-state index in [-0.39, 0.29) is 24.0 Å². The van der Waals surface area contributed by atoms with E-state index < -0.39 is 0 Å². The molecule has 68 valence electrons. The molecule has 0 spiro atoms. The quantitative estimate of drug-likeness (QED) is 0.414. The molecule has 12 heavy (non-hydrogen) atoms. The molecule has 0 N–H and O–H groups in total. The minimum atomic E-state index is 0. The number of nitrogens with zero attached hydrogens (tertiary/aromatic N) is 3. The highest BCUT2D eigenvalue weighted by molar-refractivity contribution is 5.01. The molecule has 0 saturated heterocycles. The van der Waals surface area contributed by atoms with Gasteiger partial charge in [0.15, 0.2) is 7.05 Å². The normalized spacial score (nSPS) is 8.58. The summed E-state index contributed by atoms with van der Waals surface area (Å²) in [7, 11) is 4.82. The summed E-state index contributed by atoms with van der Waals surface area (Å²) in [4.78, 5) is 3.89. The second-order valence-electron chi connectivity index (χ2n) is 1.94. The average Bonchev–Trinajstić information content (AvgIpc) is 2.03. The van der Waals surface area contributed by atoms with E-state index in [1.165, 1.54) is 7.11 Å². The van der Waals surface area contributed by atoms with Gasteiger partial charge >= 0.3 is 6.01 Å². The third-order valence-corrected chi connectivity index (χ3v) is 1.14. The van der Waals surface area contributed by atoms with Crippen LogP contribution < -0.4 is 38.1 Å². The number of hydrogen-bond acceptors (Lipinski definition) is 4. The largest absolute Gasteiger partial charge is 1.00 e. The minimum Gasteiger partial charge on any atom is -1.00 e. The molecule has 0 fully saturated rings. The van der Waals surface area contributed by atoms with Crippen molar-refractivity contribution >= 4 is 0 Å². The summed E-state index contributed by atoms with van der Waals surface area (Å²) in [5.41, 5.74) is 0. The van der Waals surface area contributed by atoms with Crippen LogP contribution in [-0.2, 0) is 7.05 Å². The first-order chi connectivity index (χ1) is 5.26. The number of halogens is 1. The van der Waals surface area contributed by atoms with E-state index in [4.69, 9.17) is 9.47 Å². The highest BCUT2D eigenvalue weighted by Crippen LogP contribution is 2.04. The van der Waals surface area contributed by atoms with Crippen LogP contribution in [-0.4, -0.2) is 24.3 Å². The summed E-state index contributed by atoms with van der Waals surface area (Å²) in [6.45, 7) is 0. The number of aryl methyl sites for hydroxylation is 1. The maximum Gasteiger partial charge on any atom is 0.382 e. The highest BCUT2D eigenvalue weighted by Gasteiger charge is 2.06. The molecular weight excluding hydrogens is 273 g/mol. The molecule has 0 saturated carbocycles. The Morgan fingerprint density at radius 1 is 1.33 bits per heavy atom. The van der Waals surface area contributed by atoms with Gasteiger partial charge in [0.25, 0.3) is 12.1 Å². The highest BCUT2D eigenvalue weighted by atomic mass is 127. The molecule has 1 aromatic rings. The van der Waals surface area contributed by atoms with Gasteiger partial charge in [-0.1, -0.05) is 4.68 Å². The lowest BCUT2D eigenvalue weighted by molar-refractivity contribution is -0.732. The molecule has 0 bridgehead atoms. The molecule has 0 aliphatic carbocycles. The molecule has 6 heteroatoms. The van der Waals surface area contributed by atoms with E-state index >= 15 is 0 Å². The van der Waals surface area contributed by atoms with E-state index in [1.807, 2.05) is 0 Å². The van der Waals surface area contributed by atoms with Crippen LogP contribution in [0.5, 0.6) is 11.9 Å². The van der Waals surface area contributed by atoms with Crippen molar-refractivity contribution in [3.8, 4) is 11.9 Å². The van der Waals surface area contributed by atoms with Crippen molar-refractivity contribution in [1.82, 2.24) is 10.1 Å². The van der Waals surface area contributed by atoms with Gasteiger partial charge in [-0.05, 0) is 0 Å². The zero-order valence-corrected chi connectivity index (χ0v) is 9.27. The van der Waals surface area contributed by atoms with Crippen molar-refractivity contribution in [3.63, 3.8) is 0 Å². The Morgan fingerprint density at radius 3 is 2.50 bits per heavy atom. The van der Waals surface area contributed by atoms with Gasteiger partial charge in [-0.2, -0.15) is 0 Å². The lowest BCUT2D eigenvalue weighted by atomic mass is 10.8. The summed E-state index contributed by atoms with van der Waals surface area (Å²) in [6, 6.07) is 0.298. The molecule has 1 aromatic heterocycles. The fourth-order valence-electron chi connectivity index (χ4n) is 0.654. The summed E-state index contributed by atoms with van der Waals surface area (Å²) < 4.78 is 11.3. The van der Waals surface area contributed by atoms with Crippen LogP contribution in [0, 0.1) is 0 Å². The third kappa shape index (κ3) is 2.76.